The molecule has 0 saturated carbocycles. The highest BCUT2D eigenvalue weighted by atomic mass is 32.2. The van der Waals surface area contributed by atoms with Crippen molar-refractivity contribution in [2.75, 3.05) is 0 Å². The van der Waals surface area contributed by atoms with E-state index < -0.39 is 15.8 Å². The minimum absolute atomic E-state index is 0.0873. The number of nitrogens with two attached hydrogens (primary N) is 1. The van der Waals surface area contributed by atoms with Gasteiger partial charge in [0.1, 0.15) is 10.7 Å². The van der Waals surface area contributed by atoms with E-state index in [1.165, 1.54) is 12.1 Å². The van der Waals surface area contributed by atoms with Crippen molar-refractivity contribution in [1.29, 1.82) is 0 Å². The summed E-state index contributed by atoms with van der Waals surface area (Å²) < 4.78 is 38.8. The van der Waals surface area contributed by atoms with Crippen LogP contribution in [0.4, 0.5) is 4.39 Å². The molecule has 2 rings (SSSR count). The summed E-state index contributed by atoms with van der Waals surface area (Å²) >= 11 is 0. The lowest BCUT2D eigenvalue weighted by molar-refractivity contribution is 0.0789. The van der Waals surface area contributed by atoms with Crippen molar-refractivity contribution in [3.05, 3.63) is 29.6 Å². The molecule has 2 unspecified atom stereocenters. The molecule has 1 fully saturated rings. The number of hydrogen-bond acceptors (Lipinski definition) is 4. The molecule has 1 heterocycles. The average molecular weight is 315 g/mol. The Morgan fingerprint density at radius 3 is 2.52 bits per heavy atom. The lowest BCUT2D eigenvalue weighted by atomic mass is 10.0. The van der Waals surface area contributed by atoms with E-state index in [4.69, 9.17) is 5.73 Å². The fourth-order valence-corrected chi connectivity index (χ4v) is 4.04. The summed E-state index contributed by atoms with van der Waals surface area (Å²) in [6.45, 7) is 4.09. The fraction of sp³-hybridized carbons (Fsp3) is 0.571. The molecule has 7 heteroatoms. The van der Waals surface area contributed by atoms with Gasteiger partial charge in [0.2, 0.25) is 0 Å². The number of nitrogens with one attached hydrogen (secondary N) is 1. The van der Waals surface area contributed by atoms with Crippen LogP contribution in [0.15, 0.2) is 23.1 Å². The summed E-state index contributed by atoms with van der Waals surface area (Å²) in [5, 5.41) is 1.70. The van der Waals surface area contributed by atoms with Crippen molar-refractivity contribution in [3.8, 4) is 0 Å². The minimum Gasteiger partial charge on any atom is -0.326 e. The quantitative estimate of drug-likeness (QED) is 0.887. The molecule has 0 radical (unpaired) electrons. The summed E-state index contributed by atoms with van der Waals surface area (Å²) in [6, 6.07) is 4.09. The van der Waals surface area contributed by atoms with Crippen molar-refractivity contribution >= 4 is 10.0 Å². The molecule has 118 valence electrons. The maximum absolute atomic E-state index is 13.9. The third kappa shape index (κ3) is 3.60. The maximum Gasteiger partial charge on any atom is 0.256 e. The number of piperidine rings is 1. The third-order valence-corrected chi connectivity index (χ3v) is 5.28. The van der Waals surface area contributed by atoms with Gasteiger partial charge >= 0.3 is 0 Å². The monoisotopic (exact) mass is 315 g/mol. The summed E-state index contributed by atoms with van der Waals surface area (Å²) in [7, 11) is -3.94. The number of benzene rings is 1. The van der Waals surface area contributed by atoms with E-state index in [9.17, 15) is 12.8 Å². The Morgan fingerprint density at radius 2 is 1.95 bits per heavy atom. The van der Waals surface area contributed by atoms with Gasteiger partial charge in [0, 0.05) is 18.6 Å². The van der Waals surface area contributed by atoms with Gasteiger partial charge in [-0.05, 0) is 44.4 Å². The van der Waals surface area contributed by atoms with E-state index in [1.807, 2.05) is 13.8 Å². The number of sulfonamides is 1. The van der Waals surface area contributed by atoms with Crippen LogP contribution < -0.4 is 10.6 Å². The van der Waals surface area contributed by atoms with Gasteiger partial charge in [-0.15, -0.1) is 4.83 Å². The van der Waals surface area contributed by atoms with Crippen LogP contribution in [0.25, 0.3) is 0 Å². The van der Waals surface area contributed by atoms with E-state index in [2.05, 4.69) is 4.83 Å². The zero-order valence-electron chi connectivity index (χ0n) is 12.3. The molecule has 0 aliphatic carbocycles. The van der Waals surface area contributed by atoms with E-state index in [-0.39, 0.29) is 23.5 Å². The topological polar surface area (TPSA) is 75.4 Å². The normalized spacial score (nSPS) is 24.2. The highest BCUT2D eigenvalue weighted by molar-refractivity contribution is 7.89. The first-order valence-electron chi connectivity index (χ1n) is 7.14. The highest BCUT2D eigenvalue weighted by Crippen LogP contribution is 2.23. The van der Waals surface area contributed by atoms with Crippen LogP contribution in [0.5, 0.6) is 0 Å². The smallest absolute Gasteiger partial charge is 0.256 e. The molecule has 5 nitrogen and oxygen atoms in total. The van der Waals surface area contributed by atoms with Crippen molar-refractivity contribution in [1.82, 2.24) is 9.84 Å². The van der Waals surface area contributed by atoms with Gasteiger partial charge in [-0.2, -0.15) is 0 Å². The molecule has 1 aliphatic heterocycles. The highest BCUT2D eigenvalue weighted by Gasteiger charge is 2.30. The van der Waals surface area contributed by atoms with Crippen LogP contribution in [0, 0.1) is 5.82 Å². The molecule has 1 aromatic rings. The summed E-state index contributed by atoms with van der Waals surface area (Å²) in [5.41, 5.74) is 6.07. The molecule has 0 spiro atoms. The Kier molecular flexibility index (Phi) is 4.98. The van der Waals surface area contributed by atoms with Gasteiger partial charge in [-0.25, -0.2) is 17.8 Å². The Labute approximate surface area is 125 Å². The number of hydrazine groups is 1. The van der Waals surface area contributed by atoms with Crippen molar-refractivity contribution in [2.45, 2.75) is 56.6 Å². The van der Waals surface area contributed by atoms with Gasteiger partial charge in [-0.3, -0.25) is 0 Å². The first-order valence-corrected chi connectivity index (χ1v) is 8.62. The SMILES string of the molecule is CC1CCCC(C)N1NS(=O)(=O)c1cc(CN)ccc1F. The molecule has 1 aromatic carbocycles. The molecular formula is C14H22FN3O2S. The lowest BCUT2D eigenvalue weighted by Gasteiger charge is -2.38. The zero-order valence-corrected chi connectivity index (χ0v) is 13.2. The Balaban J connectivity index is 2.29. The summed E-state index contributed by atoms with van der Waals surface area (Å²) in [6.07, 6.45) is 2.90. The molecule has 0 amide bonds. The second kappa shape index (κ2) is 6.39. The molecule has 3 N–H and O–H groups in total. The zero-order chi connectivity index (χ0) is 15.6. The number of hydrogen-bond donors (Lipinski definition) is 2. The molecule has 1 saturated heterocycles. The molecular weight excluding hydrogens is 293 g/mol. The van der Waals surface area contributed by atoms with Crippen LogP contribution in [-0.4, -0.2) is 25.5 Å². The van der Waals surface area contributed by atoms with Gasteiger partial charge < -0.3 is 5.73 Å². The Hall–Kier alpha value is -1.02. The lowest BCUT2D eigenvalue weighted by Crippen LogP contribution is -2.54. The maximum atomic E-state index is 13.9. The van der Waals surface area contributed by atoms with Crippen LogP contribution >= 0.6 is 0 Å². The largest absolute Gasteiger partial charge is 0.326 e. The van der Waals surface area contributed by atoms with Crippen molar-refractivity contribution < 1.29 is 12.8 Å². The van der Waals surface area contributed by atoms with Crippen LogP contribution in [0.1, 0.15) is 38.7 Å². The van der Waals surface area contributed by atoms with Gasteiger partial charge in [0.05, 0.1) is 0 Å². The van der Waals surface area contributed by atoms with Crippen LogP contribution in [0.3, 0.4) is 0 Å². The van der Waals surface area contributed by atoms with Gasteiger partial charge in [0.15, 0.2) is 0 Å². The van der Waals surface area contributed by atoms with Crippen LogP contribution in [-0.2, 0) is 16.6 Å². The number of nitrogens with zero attached hydrogens (tertiary/aromatic N) is 1. The average Bonchev–Trinajstić information content (AvgIpc) is 2.43. The first kappa shape index (κ1) is 16.4. The summed E-state index contributed by atoms with van der Waals surface area (Å²) in [5.74, 6) is -0.767. The predicted octanol–water partition coefficient (Wildman–Crippen LogP) is 1.74. The van der Waals surface area contributed by atoms with E-state index >= 15 is 0 Å². The van der Waals surface area contributed by atoms with E-state index in [0.717, 1.165) is 25.3 Å². The Morgan fingerprint density at radius 1 is 1.33 bits per heavy atom. The van der Waals surface area contributed by atoms with E-state index in [1.54, 1.807) is 5.01 Å². The standard InChI is InChI=1S/C14H22FN3O2S/c1-10-4-3-5-11(2)18(10)17-21(19,20)14-8-12(9-16)6-7-13(14)15/h6-8,10-11,17H,3-5,9,16H2,1-2H3. The van der Waals surface area contributed by atoms with E-state index in [0.29, 0.717) is 5.56 Å². The number of halogens is 1. The Bertz CT molecular complexity index is 596. The third-order valence-electron chi connectivity index (χ3n) is 3.94. The molecule has 21 heavy (non-hydrogen) atoms. The molecule has 0 bridgehead atoms. The molecule has 1 aliphatic rings. The second-order valence-electron chi connectivity index (χ2n) is 5.60. The first-order chi connectivity index (χ1) is 9.85. The van der Waals surface area contributed by atoms with Crippen LogP contribution in [0.2, 0.25) is 0 Å². The second-order valence-corrected chi connectivity index (χ2v) is 7.23. The van der Waals surface area contributed by atoms with Crippen molar-refractivity contribution in [2.24, 2.45) is 5.73 Å². The van der Waals surface area contributed by atoms with Crippen molar-refractivity contribution in [3.63, 3.8) is 0 Å². The molecule has 0 aromatic heterocycles. The van der Waals surface area contributed by atoms with Gasteiger partial charge in [0.25, 0.3) is 10.0 Å². The molecule has 2 atom stereocenters. The van der Waals surface area contributed by atoms with Gasteiger partial charge in [-0.1, -0.05) is 12.5 Å². The summed E-state index contributed by atoms with van der Waals surface area (Å²) in [4.78, 5) is 2.18. The predicted molar refractivity (Wildman–Crippen MR) is 79.2 cm³/mol. The number of rotatable bonds is 4. The minimum atomic E-state index is -3.94. The fourth-order valence-electron chi connectivity index (χ4n) is 2.67.